The maximum absolute atomic E-state index is 14.1. The summed E-state index contributed by atoms with van der Waals surface area (Å²) in [4.78, 5) is 23.4. The first-order valence-electron chi connectivity index (χ1n) is 10.7. The maximum atomic E-state index is 14.1. The van der Waals surface area contributed by atoms with E-state index in [0.29, 0.717) is 16.5 Å². The van der Waals surface area contributed by atoms with E-state index < -0.39 is 33.8 Å². The van der Waals surface area contributed by atoms with Gasteiger partial charge in [0.25, 0.3) is 0 Å². The number of hydrogen-bond donors (Lipinski definition) is 1. The van der Waals surface area contributed by atoms with Gasteiger partial charge in [0.1, 0.15) is 24.2 Å². The van der Waals surface area contributed by atoms with Crippen LogP contribution in [-0.2, 0) is 35.7 Å². The zero-order chi connectivity index (χ0) is 26.3. The van der Waals surface area contributed by atoms with Crippen molar-refractivity contribution in [2.75, 3.05) is 14.2 Å². The number of rotatable bonds is 10. The van der Waals surface area contributed by atoms with Crippen molar-refractivity contribution in [1.82, 2.24) is 4.72 Å². The number of carbonyl (C=O) groups excluding carboxylic acids is 2. The topological polar surface area (TPSA) is 132 Å². The molecule has 0 aliphatic rings. The molecular formula is C25H23FN2O7S. The Morgan fingerprint density at radius 2 is 1.75 bits per heavy atom. The fourth-order valence-electron chi connectivity index (χ4n) is 3.34. The predicted octanol–water partition coefficient (Wildman–Crippen LogP) is 3.20. The lowest BCUT2D eigenvalue weighted by Gasteiger charge is -2.16. The molecule has 3 rings (SSSR count). The molecule has 9 nitrogen and oxygen atoms in total. The highest BCUT2D eigenvalue weighted by Gasteiger charge is 2.27. The highest BCUT2D eigenvalue weighted by atomic mass is 32.2. The van der Waals surface area contributed by atoms with Crippen LogP contribution in [0, 0.1) is 17.1 Å². The molecule has 0 fully saturated rings. The summed E-state index contributed by atoms with van der Waals surface area (Å²) in [6.07, 6.45) is -0.307. The molecule has 0 aliphatic carbocycles. The van der Waals surface area contributed by atoms with Gasteiger partial charge in [-0.15, -0.1) is 0 Å². The van der Waals surface area contributed by atoms with Gasteiger partial charge in [-0.2, -0.15) is 9.98 Å². The lowest BCUT2D eigenvalue weighted by atomic mass is 10.1. The summed E-state index contributed by atoms with van der Waals surface area (Å²) in [6, 6.07) is 14.0. The average molecular weight is 515 g/mol. The SMILES string of the molecule is COC(=O)CC[C@@H](NS(=O)(=O)c1ccc2cc(OCc3ccc(C#N)cc3F)ccc2c1)C(=O)OC. The van der Waals surface area contributed by atoms with Gasteiger partial charge in [-0.1, -0.05) is 18.2 Å². The van der Waals surface area contributed by atoms with E-state index in [9.17, 15) is 22.4 Å². The number of ether oxygens (including phenoxy) is 3. The van der Waals surface area contributed by atoms with Crippen LogP contribution in [0.3, 0.4) is 0 Å². The minimum atomic E-state index is -4.13. The Bertz CT molecular complexity index is 1430. The van der Waals surface area contributed by atoms with E-state index in [1.165, 1.54) is 31.4 Å². The van der Waals surface area contributed by atoms with E-state index in [0.717, 1.165) is 13.2 Å². The van der Waals surface area contributed by atoms with Crippen molar-refractivity contribution >= 4 is 32.7 Å². The molecule has 0 radical (unpaired) electrons. The van der Waals surface area contributed by atoms with Crippen LogP contribution in [0.2, 0.25) is 0 Å². The molecule has 0 saturated carbocycles. The third-order valence-corrected chi connectivity index (χ3v) is 6.79. The molecule has 0 aromatic heterocycles. The smallest absolute Gasteiger partial charge is 0.323 e. The van der Waals surface area contributed by atoms with Crippen LogP contribution in [0.4, 0.5) is 4.39 Å². The Balaban J connectivity index is 1.76. The monoisotopic (exact) mass is 514 g/mol. The third kappa shape index (κ3) is 6.56. The van der Waals surface area contributed by atoms with Gasteiger partial charge in [0.05, 0.1) is 30.7 Å². The van der Waals surface area contributed by atoms with Gasteiger partial charge in [0.2, 0.25) is 10.0 Å². The van der Waals surface area contributed by atoms with E-state index in [-0.39, 0.29) is 35.5 Å². The molecule has 1 N–H and O–H groups in total. The fraction of sp³-hybridized carbons (Fsp3) is 0.240. The lowest BCUT2D eigenvalue weighted by molar-refractivity contribution is -0.144. The summed E-state index contributed by atoms with van der Waals surface area (Å²) in [7, 11) is -1.82. The zero-order valence-electron chi connectivity index (χ0n) is 19.5. The predicted molar refractivity (Wildman–Crippen MR) is 127 cm³/mol. The number of carbonyl (C=O) groups is 2. The van der Waals surface area contributed by atoms with Crippen LogP contribution in [-0.4, -0.2) is 40.6 Å². The standard InChI is InChI=1S/C25H23FN2O7S/c1-33-24(29)10-9-23(25(30)34-2)28-36(31,32)21-8-6-17-12-20(7-5-18(17)13-21)35-15-19-4-3-16(14-27)11-22(19)26/h3-8,11-13,23,28H,9-10,15H2,1-2H3/t23-/m1/s1. The molecule has 0 bridgehead atoms. The number of nitrogens with one attached hydrogen (secondary N) is 1. The Labute approximate surface area is 207 Å². The van der Waals surface area contributed by atoms with E-state index in [4.69, 9.17) is 10.00 Å². The van der Waals surface area contributed by atoms with Gasteiger partial charge in [0.15, 0.2) is 0 Å². The number of halogens is 1. The molecule has 0 unspecified atom stereocenters. The first kappa shape index (κ1) is 26.6. The van der Waals surface area contributed by atoms with E-state index in [1.807, 2.05) is 6.07 Å². The second kappa shape index (κ2) is 11.6. The minimum Gasteiger partial charge on any atom is -0.489 e. The second-order valence-electron chi connectivity index (χ2n) is 7.69. The number of methoxy groups -OCH3 is 2. The van der Waals surface area contributed by atoms with Crippen LogP contribution >= 0.6 is 0 Å². The largest absolute Gasteiger partial charge is 0.489 e. The van der Waals surface area contributed by atoms with E-state index >= 15 is 0 Å². The number of sulfonamides is 1. The quantitative estimate of drug-likeness (QED) is 0.408. The number of nitrogens with zero attached hydrogens (tertiary/aromatic N) is 1. The van der Waals surface area contributed by atoms with Crippen molar-refractivity contribution in [3.63, 3.8) is 0 Å². The highest BCUT2D eigenvalue weighted by Crippen LogP contribution is 2.25. The number of esters is 2. The van der Waals surface area contributed by atoms with Crippen LogP contribution in [0.25, 0.3) is 10.8 Å². The Morgan fingerprint density at radius 1 is 1.03 bits per heavy atom. The second-order valence-corrected chi connectivity index (χ2v) is 9.40. The summed E-state index contributed by atoms with van der Waals surface area (Å²) in [5.74, 6) is -1.53. The molecule has 0 saturated heterocycles. The molecule has 36 heavy (non-hydrogen) atoms. The molecule has 0 heterocycles. The Kier molecular flexibility index (Phi) is 8.58. The molecule has 3 aromatic carbocycles. The Morgan fingerprint density at radius 3 is 2.42 bits per heavy atom. The molecule has 0 spiro atoms. The van der Waals surface area contributed by atoms with Crippen molar-refractivity contribution in [3.8, 4) is 11.8 Å². The average Bonchev–Trinajstić information content (AvgIpc) is 2.88. The highest BCUT2D eigenvalue weighted by molar-refractivity contribution is 7.89. The summed E-state index contributed by atoms with van der Waals surface area (Å²) >= 11 is 0. The number of hydrogen-bond acceptors (Lipinski definition) is 8. The maximum Gasteiger partial charge on any atom is 0.323 e. The summed E-state index contributed by atoms with van der Waals surface area (Å²) < 4.78 is 57.0. The van der Waals surface area contributed by atoms with Gasteiger partial charge in [-0.3, -0.25) is 9.59 Å². The van der Waals surface area contributed by atoms with Crippen molar-refractivity contribution in [1.29, 1.82) is 5.26 Å². The first-order valence-corrected chi connectivity index (χ1v) is 12.2. The number of fused-ring (bicyclic) bond motifs is 1. The minimum absolute atomic E-state index is 0.0556. The third-order valence-electron chi connectivity index (χ3n) is 5.32. The van der Waals surface area contributed by atoms with Gasteiger partial charge in [-0.05, 0) is 53.6 Å². The zero-order valence-corrected chi connectivity index (χ0v) is 20.3. The summed E-state index contributed by atoms with van der Waals surface area (Å²) in [5.41, 5.74) is 0.498. The number of benzene rings is 3. The normalized spacial score (nSPS) is 11.9. The van der Waals surface area contributed by atoms with Crippen molar-refractivity contribution < 1.29 is 36.6 Å². The molecule has 3 aromatic rings. The summed E-state index contributed by atoms with van der Waals surface area (Å²) in [5, 5.41) is 10.1. The van der Waals surface area contributed by atoms with E-state index in [2.05, 4.69) is 14.2 Å². The van der Waals surface area contributed by atoms with Crippen LogP contribution in [0.5, 0.6) is 5.75 Å². The van der Waals surface area contributed by atoms with E-state index in [1.54, 1.807) is 24.3 Å². The van der Waals surface area contributed by atoms with Gasteiger partial charge < -0.3 is 14.2 Å². The van der Waals surface area contributed by atoms with Gasteiger partial charge >= 0.3 is 11.9 Å². The molecular weight excluding hydrogens is 491 g/mol. The number of nitriles is 1. The van der Waals surface area contributed by atoms with Gasteiger partial charge in [0, 0.05) is 12.0 Å². The van der Waals surface area contributed by atoms with Crippen LogP contribution < -0.4 is 9.46 Å². The molecule has 188 valence electrons. The van der Waals surface area contributed by atoms with Crippen molar-refractivity contribution in [2.45, 2.75) is 30.4 Å². The van der Waals surface area contributed by atoms with Gasteiger partial charge in [-0.25, -0.2) is 12.8 Å². The fourth-order valence-corrected chi connectivity index (χ4v) is 4.59. The molecule has 0 aliphatic heterocycles. The van der Waals surface area contributed by atoms with Crippen molar-refractivity contribution in [3.05, 3.63) is 71.5 Å². The van der Waals surface area contributed by atoms with Crippen LogP contribution in [0.1, 0.15) is 24.0 Å². The first-order chi connectivity index (χ1) is 17.2. The van der Waals surface area contributed by atoms with Crippen LogP contribution in [0.15, 0.2) is 59.5 Å². The molecule has 0 amide bonds. The Hall–Kier alpha value is -4.01. The lowest BCUT2D eigenvalue weighted by Crippen LogP contribution is -2.41. The molecule has 11 heteroatoms. The molecule has 1 atom stereocenters. The summed E-state index contributed by atoms with van der Waals surface area (Å²) in [6.45, 7) is -0.0556. The van der Waals surface area contributed by atoms with Crippen molar-refractivity contribution in [2.24, 2.45) is 0 Å².